The third kappa shape index (κ3) is 5.69. The molecule has 2 aromatic heterocycles. The van der Waals surface area contributed by atoms with Gasteiger partial charge in [0.25, 0.3) is 0 Å². The van der Waals surface area contributed by atoms with E-state index in [4.69, 9.17) is 31.5 Å². The minimum absolute atomic E-state index is 0.0383. The van der Waals surface area contributed by atoms with E-state index in [9.17, 15) is 18.3 Å². The van der Waals surface area contributed by atoms with Crippen LogP contribution < -0.4 is 5.73 Å². The van der Waals surface area contributed by atoms with Gasteiger partial charge in [-0.15, -0.1) is 0 Å². The molecule has 0 bridgehead atoms. The standard InChI is InChI=1S/C23H25ClF3N5O4/c1-12-18(11-34-22(35-12)14-6-4-3-5-7-14)36-19(17(33)9-28)21-30-13(2)31-32(21)16-8-15(24)10-29-20(16)23(25,26)27/h3-8,10,12,17-19,22,33H,9,11,28H2,1-2H3/t12?,17-,18?,19?,22?/m0/s1. The van der Waals surface area contributed by atoms with E-state index < -0.39 is 48.3 Å². The molecule has 4 rings (SSSR count). The molecule has 1 aliphatic rings. The Morgan fingerprint density at radius 3 is 2.67 bits per heavy atom. The van der Waals surface area contributed by atoms with Crippen molar-refractivity contribution in [3.05, 3.63) is 70.5 Å². The summed E-state index contributed by atoms with van der Waals surface area (Å²) < 4.78 is 60.0. The molecule has 5 atom stereocenters. The molecule has 0 saturated carbocycles. The number of nitrogens with zero attached hydrogens (tertiary/aromatic N) is 4. The maximum absolute atomic E-state index is 13.7. The van der Waals surface area contributed by atoms with Gasteiger partial charge in [0.2, 0.25) is 0 Å². The Balaban J connectivity index is 1.66. The highest BCUT2D eigenvalue weighted by Gasteiger charge is 2.40. The van der Waals surface area contributed by atoms with Crippen molar-refractivity contribution in [3.8, 4) is 5.69 Å². The summed E-state index contributed by atoms with van der Waals surface area (Å²) in [6.45, 7) is 3.10. The Labute approximate surface area is 210 Å². The van der Waals surface area contributed by atoms with E-state index in [1.807, 2.05) is 30.3 Å². The summed E-state index contributed by atoms with van der Waals surface area (Å²) in [7, 11) is 0. The van der Waals surface area contributed by atoms with Gasteiger partial charge in [-0.1, -0.05) is 41.9 Å². The summed E-state index contributed by atoms with van der Waals surface area (Å²) in [5.41, 5.74) is 4.85. The summed E-state index contributed by atoms with van der Waals surface area (Å²) in [6, 6.07) is 10.4. The summed E-state index contributed by atoms with van der Waals surface area (Å²) in [5.74, 6) is 0.0432. The minimum atomic E-state index is -4.80. The van der Waals surface area contributed by atoms with E-state index in [0.717, 1.165) is 22.5 Å². The number of aliphatic hydroxyl groups is 1. The second-order valence-corrected chi connectivity index (χ2v) is 8.70. The van der Waals surface area contributed by atoms with Crippen LogP contribution in [0, 0.1) is 6.92 Å². The second kappa shape index (κ2) is 10.8. The van der Waals surface area contributed by atoms with Crippen molar-refractivity contribution < 1.29 is 32.5 Å². The third-order valence-electron chi connectivity index (χ3n) is 5.58. The first-order valence-electron chi connectivity index (χ1n) is 11.1. The molecule has 0 amide bonds. The summed E-state index contributed by atoms with van der Waals surface area (Å²) in [4.78, 5) is 7.71. The molecule has 1 saturated heterocycles. The summed E-state index contributed by atoms with van der Waals surface area (Å²) >= 11 is 5.96. The van der Waals surface area contributed by atoms with E-state index in [1.54, 1.807) is 6.92 Å². The SMILES string of the molecule is Cc1nc(C(OC2COC(c3ccccc3)OC2C)[C@@H](O)CN)n(-c2cc(Cl)cnc2C(F)(F)F)n1. The first-order valence-corrected chi connectivity index (χ1v) is 11.5. The Bertz CT molecular complexity index is 1180. The number of aryl methyl sites for hydroxylation is 1. The molecule has 0 radical (unpaired) electrons. The van der Waals surface area contributed by atoms with E-state index in [-0.39, 0.29) is 29.8 Å². The van der Waals surface area contributed by atoms with Crippen LogP contribution in [0.3, 0.4) is 0 Å². The van der Waals surface area contributed by atoms with Crippen LogP contribution in [0.15, 0.2) is 42.6 Å². The number of rotatable bonds is 7. The van der Waals surface area contributed by atoms with Crippen molar-refractivity contribution in [3.63, 3.8) is 0 Å². The first kappa shape index (κ1) is 26.5. The molecule has 194 valence electrons. The predicted molar refractivity (Wildman–Crippen MR) is 122 cm³/mol. The van der Waals surface area contributed by atoms with Gasteiger partial charge in [0.1, 0.15) is 18.0 Å². The number of benzene rings is 1. The molecule has 3 aromatic rings. The molecule has 3 N–H and O–H groups in total. The lowest BCUT2D eigenvalue weighted by atomic mass is 10.1. The van der Waals surface area contributed by atoms with E-state index >= 15 is 0 Å². The zero-order valence-electron chi connectivity index (χ0n) is 19.4. The highest BCUT2D eigenvalue weighted by atomic mass is 35.5. The van der Waals surface area contributed by atoms with Gasteiger partial charge in [0, 0.05) is 18.3 Å². The number of hydrogen-bond donors (Lipinski definition) is 2. The highest BCUT2D eigenvalue weighted by molar-refractivity contribution is 6.30. The Morgan fingerprint density at radius 1 is 1.31 bits per heavy atom. The highest BCUT2D eigenvalue weighted by Crippen LogP contribution is 2.36. The van der Waals surface area contributed by atoms with Gasteiger partial charge in [-0.2, -0.15) is 18.3 Å². The molecule has 3 heterocycles. The third-order valence-corrected chi connectivity index (χ3v) is 5.79. The number of halogens is 4. The van der Waals surface area contributed by atoms with Gasteiger partial charge in [-0.25, -0.2) is 14.6 Å². The average molecular weight is 528 g/mol. The zero-order chi connectivity index (χ0) is 26.0. The number of alkyl halides is 3. The Hall–Kier alpha value is -2.61. The van der Waals surface area contributed by atoms with Crippen LogP contribution in [-0.2, 0) is 20.4 Å². The molecule has 0 spiro atoms. The summed E-state index contributed by atoms with van der Waals surface area (Å²) in [5, 5.41) is 14.8. The topological polar surface area (TPSA) is 118 Å². The van der Waals surface area contributed by atoms with Gasteiger partial charge >= 0.3 is 6.18 Å². The molecular formula is C23H25ClF3N5O4. The van der Waals surface area contributed by atoms with Crippen LogP contribution in [0.4, 0.5) is 13.2 Å². The minimum Gasteiger partial charge on any atom is -0.389 e. The molecule has 1 fully saturated rings. The smallest absolute Gasteiger partial charge is 0.389 e. The summed E-state index contributed by atoms with van der Waals surface area (Å²) in [6.07, 6.45) is -8.30. The van der Waals surface area contributed by atoms with Crippen LogP contribution in [-0.4, -0.2) is 56.3 Å². The predicted octanol–water partition coefficient (Wildman–Crippen LogP) is 3.52. The lowest BCUT2D eigenvalue weighted by Gasteiger charge is -2.37. The molecule has 4 unspecified atom stereocenters. The Kier molecular flexibility index (Phi) is 7.93. The lowest BCUT2D eigenvalue weighted by Crippen LogP contribution is -2.44. The van der Waals surface area contributed by atoms with Gasteiger partial charge in [-0.3, -0.25) is 0 Å². The van der Waals surface area contributed by atoms with E-state index in [1.165, 1.54) is 6.92 Å². The maximum atomic E-state index is 13.7. The quantitative estimate of drug-likeness (QED) is 0.479. The molecular weight excluding hydrogens is 503 g/mol. The van der Waals surface area contributed by atoms with Gasteiger partial charge in [-0.05, 0) is 19.9 Å². The Morgan fingerprint density at radius 2 is 2.03 bits per heavy atom. The molecule has 0 aliphatic carbocycles. The first-order chi connectivity index (χ1) is 17.1. The number of hydrogen-bond acceptors (Lipinski definition) is 8. The van der Waals surface area contributed by atoms with Gasteiger partial charge in [0.15, 0.2) is 17.8 Å². The fourth-order valence-electron chi connectivity index (χ4n) is 3.81. The lowest BCUT2D eigenvalue weighted by molar-refractivity contribution is -0.274. The molecule has 1 aliphatic heterocycles. The average Bonchev–Trinajstić information content (AvgIpc) is 3.23. The number of ether oxygens (including phenoxy) is 3. The van der Waals surface area contributed by atoms with Crippen molar-refractivity contribution in [2.45, 2.75) is 50.7 Å². The van der Waals surface area contributed by atoms with Crippen LogP contribution >= 0.6 is 11.6 Å². The van der Waals surface area contributed by atoms with Crippen molar-refractivity contribution in [2.24, 2.45) is 5.73 Å². The molecule has 36 heavy (non-hydrogen) atoms. The van der Waals surface area contributed by atoms with E-state index in [0.29, 0.717) is 0 Å². The van der Waals surface area contributed by atoms with Gasteiger partial charge in [0.05, 0.1) is 29.5 Å². The van der Waals surface area contributed by atoms with Crippen molar-refractivity contribution >= 4 is 11.6 Å². The zero-order valence-corrected chi connectivity index (χ0v) is 20.1. The monoisotopic (exact) mass is 527 g/mol. The maximum Gasteiger partial charge on any atom is 0.435 e. The van der Waals surface area contributed by atoms with Crippen LogP contribution in [0.2, 0.25) is 5.02 Å². The second-order valence-electron chi connectivity index (χ2n) is 8.26. The fourth-order valence-corrected chi connectivity index (χ4v) is 3.96. The fraction of sp³-hybridized carbons (Fsp3) is 0.435. The van der Waals surface area contributed by atoms with Gasteiger partial charge < -0.3 is 25.1 Å². The molecule has 13 heteroatoms. The van der Waals surface area contributed by atoms with Crippen molar-refractivity contribution in [1.29, 1.82) is 0 Å². The van der Waals surface area contributed by atoms with Crippen LogP contribution in [0.25, 0.3) is 5.69 Å². The van der Waals surface area contributed by atoms with E-state index in [2.05, 4.69) is 15.1 Å². The normalized spacial score (nSPS) is 22.4. The largest absolute Gasteiger partial charge is 0.435 e. The molecule has 9 nitrogen and oxygen atoms in total. The number of pyridine rings is 1. The van der Waals surface area contributed by atoms with Crippen LogP contribution in [0.1, 0.15) is 42.2 Å². The number of aliphatic hydroxyl groups excluding tert-OH is 1. The van der Waals surface area contributed by atoms with Crippen LogP contribution in [0.5, 0.6) is 0 Å². The molecule has 1 aromatic carbocycles. The number of nitrogens with two attached hydrogens (primary N) is 1. The van der Waals surface area contributed by atoms with Crippen molar-refractivity contribution in [2.75, 3.05) is 13.2 Å². The number of aromatic nitrogens is 4. The van der Waals surface area contributed by atoms with Crippen molar-refractivity contribution in [1.82, 2.24) is 19.7 Å².